The summed E-state index contributed by atoms with van der Waals surface area (Å²) in [7, 11) is 0. The lowest BCUT2D eigenvalue weighted by Gasteiger charge is -2.22. The molecule has 0 bridgehead atoms. The number of rotatable bonds is 3. The van der Waals surface area contributed by atoms with Gasteiger partial charge in [0.1, 0.15) is 0 Å². The first-order valence-corrected chi connectivity index (χ1v) is 16.9. The van der Waals surface area contributed by atoms with Gasteiger partial charge in [-0.25, -0.2) is 9.97 Å². The normalized spacial score (nSPS) is 13.5. The van der Waals surface area contributed by atoms with Crippen LogP contribution in [0.25, 0.3) is 81.6 Å². The molecule has 47 heavy (non-hydrogen) atoms. The second kappa shape index (κ2) is 9.71. The summed E-state index contributed by atoms with van der Waals surface area (Å²) < 4.78 is 4.77. The highest BCUT2D eigenvalue weighted by Gasteiger charge is 2.36. The van der Waals surface area contributed by atoms with Gasteiger partial charge in [-0.3, -0.25) is 0 Å². The molecule has 0 amide bonds. The van der Waals surface area contributed by atoms with Gasteiger partial charge in [0.2, 0.25) is 0 Å². The molecule has 3 aromatic heterocycles. The third-order valence-corrected chi connectivity index (χ3v) is 11.2. The zero-order valence-corrected chi connectivity index (χ0v) is 26.8. The van der Waals surface area contributed by atoms with Crippen LogP contribution >= 0.6 is 11.3 Å². The smallest absolute Gasteiger partial charge is 0.162 e. The molecule has 10 rings (SSSR count). The molecule has 3 heterocycles. The number of nitrogens with zero attached hydrogens (tertiary/aromatic N) is 3. The summed E-state index contributed by atoms with van der Waals surface area (Å²) >= 11 is 1.77. The summed E-state index contributed by atoms with van der Waals surface area (Å²) in [6.07, 6.45) is 0. The molecule has 0 N–H and O–H groups in total. The average molecular weight is 620 g/mol. The molecule has 1 aliphatic carbocycles. The van der Waals surface area contributed by atoms with Crippen molar-refractivity contribution >= 4 is 53.4 Å². The number of para-hydroxylation sites is 2. The zero-order valence-electron chi connectivity index (χ0n) is 26.0. The van der Waals surface area contributed by atoms with Gasteiger partial charge < -0.3 is 4.57 Å². The Bertz CT molecular complexity index is 2710. The minimum Gasteiger partial charge on any atom is -0.308 e. The number of fused-ring (bicyclic) bond motifs is 9. The van der Waals surface area contributed by atoms with Crippen LogP contribution in [0.2, 0.25) is 0 Å². The lowest BCUT2D eigenvalue weighted by Crippen LogP contribution is -2.15. The van der Waals surface area contributed by atoms with Gasteiger partial charge in [0.05, 0.1) is 32.6 Å². The Morgan fingerprint density at radius 3 is 2.13 bits per heavy atom. The van der Waals surface area contributed by atoms with Crippen molar-refractivity contribution in [2.45, 2.75) is 19.3 Å². The second-order valence-corrected chi connectivity index (χ2v) is 14.0. The van der Waals surface area contributed by atoms with E-state index in [1.165, 1.54) is 54.1 Å². The molecular weight excluding hydrogens is 591 g/mol. The maximum atomic E-state index is 5.36. The Labute approximate surface area is 276 Å². The van der Waals surface area contributed by atoms with E-state index in [0.29, 0.717) is 0 Å². The Hall–Kier alpha value is -5.58. The third kappa shape index (κ3) is 3.73. The van der Waals surface area contributed by atoms with Gasteiger partial charge in [-0.05, 0) is 58.7 Å². The van der Waals surface area contributed by atoms with Crippen molar-refractivity contribution in [2.24, 2.45) is 0 Å². The lowest BCUT2D eigenvalue weighted by molar-refractivity contribution is 0.661. The average Bonchev–Trinajstić information content (AvgIpc) is 3.73. The number of thiophene rings is 1. The van der Waals surface area contributed by atoms with Crippen LogP contribution in [-0.2, 0) is 5.41 Å². The van der Waals surface area contributed by atoms with E-state index in [2.05, 4.69) is 158 Å². The first-order chi connectivity index (χ1) is 23.1. The van der Waals surface area contributed by atoms with Crippen molar-refractivity contribution < 1.29 is 0 Å². The van der Waals surface area contributed by atoms with E-state index in [4.69, 9.17) is 9.97 Å². The fourth-order valence-corrected chi connectivity index (χ4v) is 8.94. The second-order valence-electron chi connectivity index (χ2n) is 13.0. The van der Waals surface area contributed by atoms with Crippen LogP contribution in [0.3, 0.4) is 0 Å². The first-order valence-electron chi connectivity index (χ1n) is 16.1. The van der Waals surface area contributed by atoms with Crippen molar-refractivity contribution in [1.82, 2.24) is 14.5 Å². The Kier molecular flexibility index (Phi) is 5.50. The molecule has 222 valence electrons. The number of hydrogen-bond acceptors (Lipinski definition) is 3. The van der Waals surface area contributed by atoms with Crippen molar-refractivity contribution in [1.29, 1.82) is 0 Å². The quantitative estimate of drug-likeness (QED) is 0.197. The SMILES string of the molecule is CC1(C)c2ccccc2-c2cc3c4ccccc4n(-c4ccccc4-c4nc(-c5ccccc5)c5sc6ccccc6c5n4)c3cc21. The number of benzene rings is 6. The van der Waals surface area contributed by atoms with Crippen LogP contribution in [0.1, 0.15) is 25.0 Å². The molecule has 0 atom stereocenters. The number of hydrogen-bond donors (Lipinski definition) is 0. The molecule has 0 spiro atoms. The van der Waals surface area contributed by atoms with Crippen molar-refractivity contribution in [3.63, 3.8) is 0 Å². The summed E-state index contributed by atoms with van der Waals surface area (Å²) in [5, 5.41) is 3.67. The van der Waals surface area contributed by atoms with E-state index in [0.717, 1.165) is 38.5 Å². The summed E-state index contributed by atoms with van der Waals surface area (Å²) in [6.45, 7) is 4.70. The largest absolute Gasteiger partial charge is 0.308 e. The van der Waals surface area contributed by atoms with Crippen LogP contribution < -0.4 is 0 Å². The Balaban J connectivity index is 1.28. The lowest BCUT2D eigenvalue weighted by atomic mass is 9.82. The monoisotopic (exact) mass is 619 g/mol. The van der Waals surface area contributed by atoms with E-state index in [9.17, 15) is 0 Å². The summed E-state index contributed by atoms with van der Waals surface area (Å²) in [6, 6.07) is 50.2. The maximum absolute atomic E-state index is 5.36. The van der Waals surface area contributed by atoms with Gasteiger partial charge in [-0.15, -0.1) is 11.3 Å². The molecule has 0 radical (unpaired) electrons. The predicted octanol–water partition coefficient (Wildman–Crippen LogP) is 11.6. The first kappa shape index (κ1) is 26.6. The van der Waals surface area contributed by atoms with Crippen LogP contribution in [0.5, 0.6) is 0 Å². The molecule has 0 fully saturated rings. The van der Waals surface area contributed by atoms with Gasteiger partial charge in [0.15, 0.2) is 5.82 Å². The number of aromatic nitrogens is 3. The summed E-state index contributed by atoms with van der Waals surface area (Å²) in [5.74, 6) is 0.732. The Morgan fingerprint density at radius 2 is 1.26 bits per heavy atom. The molecule has 3 nitrogen and oxygen atoms in total. The van der Waals surface area contributed by atoms with E-state index >= 15 is 0 Å². The van der Waals surface area contributed by atoms with Crippen LogP contribution in [0, 0.1) is 0 Å². The fraction of sp³-hybridized carbons (Fsp3) is 0.0698. The minimum atomic E-state index is -0.0976. The Morgan fingerprint density at radius 1 is 0.553 bits per heavy atom. The fourth-order valence-electron chi connectivity index (χ4n) is 7.78. The van der Waals surface area contributed by atoms with Gasteiger partial charge in [-0.2, -0.15) is 0 Å². The molecule has 9 aromatic rings. The van der Waals surface area contributed by atoms with Gasteiger partial charge >= 0.3 is 0 Å². The van der Waals surface area contributed by atoms with E-state index < -0.39 is 0 Å². The highest BCUT2D eigenvalue weighted by molar-refractivity contribution is 7.26. The van der Waals surface area contributed by atoms with Gasteiger partial charge in [0.25, 0.3) is 0 Å². The molecule has 4 heteroatoms. The van der Waals surface area contributed by atoms with Crippen molar-refractivity contribution in [3.05, 3.63) is 151 Å². The van der Waals surface area contributed by atoms with Crippen LogP contribution in [-0.4, -0.2) is 14.5 Å². The molecule has 1 aliphatic rings. The topological polar surface area (TPSA) is 30.7 Å². The predicted molar refractivity (Wildman–Crippen MR) is 198 cm³/mol. The van der Waals surface area contributed by atoms with E-state index in [-0.39, 0.29) is 5.41 Å². The van der Waals surface area contributed by atoms with E-state index in [1.807, 2.05) is 0 Å². The zero-order chi connectivity index (χ0) is 31.3. The highest BCUT2D eigenvalue weighted by Crippen LogP contribution is 2.51. The molecule has 0 saturated carbocycles. The molecule has 0 aliphatic heterocycles. The van der Waals surface area contributed by atoms with Gasteiger partial charge in [0, 0.05) is 37.4 Å². The van der Waals surface area contributed by atoms with Crippen molar-refractivity contribution in [3.8, 4) is 39.5 Å². The molecule has 0 saturated heterocycles. The molecular formula is C43H29N3S. The van der Waals surface area contributed by atoms with Crippen LogP contribution in [0.4, 0.5) is 0 Å². The van der Waals surface area contributed by atoms with E-state index in [1.54, 1.807) is 11.3 Å². The third-order valence-electron chi connectivity index (χ3n) is 10.0. The summed E-state index contributed by atoms with van der Waals surface area (Å²) in [5.41, 5.74) is 12.9. The highest BCUT2D eigenvalue weighted by atomic mass is 32.1. The standard InChI is InChI=1S/C43H29N3S/c1-43(2)33-20-10-6-16-27(33)31-24-32-28-17-7-11-21-35(28)46(37(32)25-34(31)43)36-22-12-8-18-29(36)42-44-39(26-14-4-3-5-15-26)41-40(45-42)30-19-9-13-23-38(30)47-41/h3-25H,1-2H3. The maximum Gasteiger partial charge on any atom is 0.162 e. The minimum absolute atomic E-state index is 0.0976. The summed E-state index contributed by atoms with van der Waals surface area (Å²) in [4.78, 5) is 10.7. The molecule has 6 aromatic carbocycles. The van der Waals surface area contributed by atoms with Crippen LogP contribution in [0.15, 0.2) is 140 Å². The van der Waals surface area contributed by atoms with Gasteiger partial charge in [-0.1, -0.05) is 117 Å². The molecule has 0 unspecified atom stereocenters. The van der Waals surface area contributed by atoms with Crippen molar-refractivity contribution in [2.75, 3.05) is 0 Å².